The molecule has 3 heterocycles. The van der Waals surface area contributed by atoms with Gasteiger partial charge in [-0.3, -0.25) is 4.98 Å². The molecule has 200 valence electrons. The molecule has 1 N–H and O–H groups in total. The maximum atomic E-state index is 14.2. The highest BCUT2D eigenvalue weighted by molar-refractivity contribution is 5.92. The first kappa shape index (κ1) is 26.5. The van der Waals surface area contributed by atoms with E-state index in [1.807, 2.05) is 22.8 Å². The average molecular weight is 538 g/mol. The Morgan fingerprint density at radius 3 is 2.67 bits per heavy atom. The molecular weight excluding hydrogens is 513 g/mol. The molecule has 0 atom stereocenters. The van der Waals surface area contributed by atoms with Crippen molar-refractivity contribution < 1.29 is 23.8 Å². The number of hydrogen-bond donors (Lipinski definition) is 1. The molecule has 0 bridgehead atoms. The number of pyridine rings is 2. The molecule has 0 spiro atoms. The topological polar surface area (TPSA) is 123 Å². The molecular formula is C30H24FN5O4. The number of carboxylic acid groups (broad SMARTS) is 1. The Morgan fingerprint density at radius 1 is 1.07 bits per heavy atom. The van der Waals surface area contributed by atoms with Crippen molar-refractivity contribution in [3.05, 3.63) is 107 Å². The summed E-state index contributed by atoms with van der Waals surface area (Å²) in [5, 5.41) is 18.3. The van der Waals surface area contributed by atoms with Gasteiger partial charge >= 0.3 is 5.97 Å². The van der Waals surface area contributed by atoms with E-state index in [0.717, 1.165) is 16.9 Å². The zero-order valence-electron chi connectivity index (χ0n) is 21.5. The van der Waals surface area contributed by atoms with Crippen LogP contribution in [0.25, 0.3) is 22.4 Å². The number of halogens is 1. The second kappa shape index (κ2) is 11.7. The molecule has 5 rings (SSSR count). The van der Waals surface area contributed by atoms with Gasteiger partial charge in [0, 0.05) is 37.9 Å². The van der Waals surface area contributed by atoms with Crippen molar-refractivity contribution in [3.8, 4) is 23.3 Å². The van der Waals surface area contributed by atoms with E-state index in [2.05, 4.69) is 9.97 Å². The number of ether oxygens (including phenoxy) is 2. The summed E-state index contributed by atoms with van der Waals surface area (Å²) in [7, 11) is 1.61. The molecule has 0 aliphatic carbocycles. The smallest absolute Gasteiger partial charge is 0.335 e. The first-order valence-electron chi connectivity index (χ1n) is 12.4. The fourth-order valence-electron chi connectivity index (χ4n) is 4.26. The van der Waals surface area contributed by atoms with Crippen molar-refractivity contribution in [1.82, 2.24) is 19.5 Å². The van der Waals surface area contributed by atoms with Crippen molar-refractivity contribution in [2.75, 3.05) is 13.7 Å². The van der Waals surface area contributed by atoms with E-state index in [1.165, 1.54) is 18.2 Å². The van der Waals surface area contributed by atoms with E-state index < -0.39 is 11.8 Å². The zero-order chi connectivity index (χ0) is 28.1. The monoisotopic (exact) mass is 537 g/mol. The predicted molar refractivity (Wildman–Crippen MR) is 144 cm³/mol. The summed E-state index contributed by atoms with van der Waals surface area (Å²) >= 11 is 0. The highest BCUT2D eigenvalue weighted by Gasteiger charge is 2.15. The third-order valence-electron chi connectivity index (χ3n) is 6.32. The van der Waals surface area contributed by atoms with Gasteiger partial charge in [-0.25, -0.2) is 19.2 Å². The summed E-state index contributed by atoms with van der Waals surface area (Å²) in [5.74, 6) is -0.412. The van der Waals surface area contributed by atoms with Crippen LogP contribution in [0.2, 0.25) is 0 Å². The number of carboxylic acids is 1. The molecule has 0 aliphatic heterocycles. The Hall–Kier alpha value is -5.14. The van der Waals surface area contributed by atoms with Crippen molar-refractivity contribution in [2.24, 2.45) is 0 Å². The standard InChI is InChI=1S/C30H24FN5O4/c1-39-12-11-36-27-15-21(30(37)38)8-10-26(27)34-28(36)14-20-6-9-24(33-17-20)25-3-2-4-29(35-25)40-18-22-7-5-19(16-32)13-23(22)31/h2-10,13,15,17H,11-12,14,18H2,1H3,(H,37,38). The largest absolute Gasteiger partial charge is 0.478 e. The number of benzene rings is 2. The van der Waals surface area contributed by atoms with Gasteiger partial charge in [-0.2, -0.15) is 5.26 Å². The summed E-state index contributed by atoms with van der Waals surface area (Å²) in [6.07, 6.45) is 2.24. The number of methoxy groups -OCH3 is 1. The molecule has 10 heteroatoms. The number of carbonyl (C=O) groups is 1. The van der Waals surface area contributed by atoms with Gasteiger partial charge in [-0.05, 0) is 48.0 Å². The Morgan fingerprint density at radius 2 is 1.95 bits per heavy atom. The molecule has 0 fully saturated rings. The van der Waals surface area contributed by atoms with Gasteiger partial charge in [0.15, 0.2) is 0 Å². The Labute approximate surface area is 229 Å². The van der Waals surface area contributed by atoms with Crippen LogP contribution in [0.3, 0.4) is 0 Å². The highest BCUT2D eigenvalue weighted by atomic mass is 19.1. The van der Waals surface area contributed by atoms with E-state index in [-0.39, 0.29) is 17.7 Å². The molecule has 3 aromatic heterocycles. The molecule has 0 saturated carbocycles. The lowest BCUT2D eigenvalue weighted by Crippen LogP contribution is -2.09. The van der Waals surface area contributed by atoms with E-state index in [0.29, 0.717) is 47.9 Å². The number of aromatic carboxylic acids is 1. The minimum Gasteiger partial charge on any atom is -0.478 e. The molecule has 5 aromatic rings. The molecule has 40 heavy (non-hydrogen) atoms. The van der Waals surface area contributed by atoms with E-state index in [9.17, 15) is 14.3 Å². The van der Waals surface area contributed by atoms with E-state index >= 15 is 0 Å². The summed E-state index contributed by atoms with van der Waals surface area (Å²) < 4.78 is 27.1. The summed E-state index contributed by atoms with van der Waals surface area (Å²) in [6, 6.07) is 20.1. The van der Waals surface area contributed by atoms with Crippen LogP contribution in [-0.4, -0.2) is 44.3 Å². The number of hydrogen-bond acceptors (Lipinski definition) is 7. The minimum absolute atomic E-state index is 0.0294. The van der Waals surface area contributed by atoms with E-state index in [4.69, 9.17) is 19.7 Å². The third kappa shape index (κ3) is 5.80. The normalized spacial score (nSPS) is 10.9. The number of rotatable bonds is 10. The predicted octanol–water partition coefficient (Wildman–Crippen LogP) is 5.02. The lowest BCUT2D eigenvalue weighted by molar-refractivity contribution is 0.0697. The fourth-order valence-corrected chi connectivity index (χ4v) is 4.26. The van der Waals surface area contributed by atoms with Crippen LogP contribution in [0, 0.1) is 17.1 Å². The van der Waals surface area contributed by atoms with Crippen LogP contribution in [0.1, 0.15) is 32.9 Å². The summed E-state index contributed by atoms with van der Waals surface area (Å²) in [4.78, 5) is 25.3. The summed E-state index contributed by atoms with van der Waals surface area (Å²) in [5.41, 5.74) is 4.36. The number of aromatic nitrogens is 4. The van der Waals surface area contributed by atoms with Gasteiger partial charge in [0.2, 0.25) is 5.88 Å². The number of imidazole rings is 1. The lowest BCUT2D eigenvalue weighted by atomic mass is 10.1. The number of nitrogens with zero attached hydrogens (tertiary/aromatic N) is 5. The van der Waals surface area contributed by atoms with E-state index in [1.54, 1.807) is 49.7 Å². The van der Waals surface area contributed by atoms with Crippen molar-refractivity contribution in [1.29, 1.82) is 5.26 Å². The van der Waals surface area contributed by atoms with Gasteiger partial charge in [0.25, 0.3) is 0 Å². The quantitative estimate of drug-likeness (QED) is 0.264. The van der Waals surface area contributed by atoms with Crippen LogP contribution < -0.4 is 4.74 Å². The van der Waals surface area contributed by atoms with Crippen molar-refractivity contribution in [3.63, 3.8) is 0 Å². The second-order valence-corrected chi connectivity index (χ2v) is 8.98. The SMILES string of the molecule is COCCn1c(Cc2ccc(-c3cccc(OCc4ccc(C#N)cc4F)n3)nc2)nc2ccc(C(=O)O)cc21. The molecule has 0 unspecified atom stereocenters. The van der Waals surface area contributed by atoms with Crippen LogP contribution in [0.4, 0.5) is 4.39 Å². The molecule has 9 nitrogen and oxygen atoms in total. The van der Waals surface area contributed by atoms with Crippen LogP contribution in [-0.2, 0) is 24.3 Å². The van der Waals surface area contributed by atoms with Crippen molar-refractivity contribution >= 4 is 17.0 Å². The van der Waals surface area contributed by atoms with Gasteiger partial charge in [0.05, 0.1) is 46.2 Å². The lowest BCUT2D eigenvalue weighted by Gasteiger charge is -2.10. The number of fused-ring (bicyclic) bond motifs is 1. The maximum absolute atomic E-state index is 14.2. The fraction of sp³-hybridized carbons (Fsp3) is 0.167. The zero-order valence-corrected chi connectivity index (χ0v) is 21.5. The number of nitriles is 1. The summed E-state index contributed by atoms with van der Waals surface area (Å²) in [6.45, 7) is 0.952. The molecule has 0 amide bonds. The van der Waals surface area contributed by atoms with Crippen LogP contribution >= 0.6 is 0 Å². The minimum atomic E-state index is -0.993. The average Bonchev–Trinajstić information content (AvgIpc) is 3.31. The molecule has 0 saturated heterocycles. The van der Waals surface area contributed by atoms with Crippen molar-refractivity contribution in [2.45, 2.75) is 19.6 Å². The molecule has 0 radical (unpaired) electrons. The van der Waals surface area contributed by atoms with Gasteiger partial charge in [-0.15, -0.1) is 0 Å². The molecule has 0 aliphatic rings. The Balaban J connectivity index is 1.33. The van der Waals surface area contributed by atoms with Crippen LogP contribution in [0.5, 0.6) is 5.88 Å². The van der Waals surface area contributed by atoms with Gasteiger partial charge in [0.1, 0.15) is 18.2 Å². The van der Waals surface area contributed by atoms with Gasteiger partial charge in [-0.1, -0.05) is 18.2 Å². The second-order valence-electron chi connectivity index (χ2n) is 8.98. The Kier molecular flexibility index (Phi) is 7.75. The first-order valence-corrected chi connectivity index (χ1v) is 12.4. The highest BCUT2D eigenvalue weighted by Crippen LogP contribution is 2.23. The maximum Gasteiger partial charge on any atom is 0.335 e. The third-order valence-corrected chi connectivity index (χ3v) is 6.32. The Bertz CT molecular complexity index is 1730. The van der Waals surface area contributed by atoms with Gasteiger partial charge < -0.3 is 19.1 Å². The van der Waals surface area contributed by atoms with Crippen LogP contribution in [0.15, 0.2) is 72.9 Å². The molecule has 2 aromatic carbocycles. The first-order chi connectivity index (χ1) is 19.4.